The lowest BCUT2D eigenvalue weighted by Crippen LogP contribution is -2.08. The molecule has 2 aromatic carbocycles. The molecule has 0 spiro atoms. The topological polar surface area (TPSA) is 59.4 Å². The maximum absolute atomic E-state index is 11.4. The van der Waals surface area contributed by atoms with Gasteiger partial charge in [-0.1, -0.05) is 35.9 Å². The molecule has 0 radical (unpaired) electrons. The van der Waals surface area contributed by atoms with Crippen molar-refractivity contribution in [2.24, 2.45) is 0 Å². The van der Waals surface area contributed by atoms with E-state index in [4.69, 9.17) is 4.74 Å². The molecule has 4 nitrogen and oxygen atoms in total. The number of aliphatic carboxylic acids is 1. The fourth-order valence-corrected chi connectivity index (χ4v) is 3.93. The molecule has 0 saturated carbocycles. The molecule has 0 fully saturated rings. The summed E-state index contributed by atoms with van der Waals surface area (Å²) in [6.45, 7) is 4.02. The van der Waals surface area contributed by atoms with E-state index >= 15 is 0 Å². The molecule has 1 atom stereocenters. The van der Waals surface area contributed by atoms with Gasteiger partial charge in [0.05, 0.1) is 13.5 Å². The van der Waals surface area contributed by atoms with E-state index in [-0.39, 0.29) is 12.3 Å². The number of aryl methyl sites for hydroxylation is 2. The summed E-state index contributed by atoms with van der Waals surface area (Å²) in [5, 5.41) is 10.2. The predicted molar refractivity (Wildman–Crippen MR) is 104 cm³/mol. The van der Waals surface area contributed by atoms with Crippen LogP contribution in [0.25, 0.3) is 11.1 Å². The fourth-order valence-electron chi connectivity index (χ4n) is 3.03. The van der Waals surface area contributed by atoms with E-state index < -0.39 is 5.97 Å². The molecule has 0 bridgehead atoms. The zero-order valence-electron chi connectivity index (χ0n) is 15.0. The number of carbonyl (C=O) groups is 1. The highest BCUT2D eigenvalue weighted by atomic mass is 32.1. The van der Waals surface area contributed by atoms with Crippen LogP contribution < -0.4 is 4.74 Å². The zero-order chi connectivity index (χ0) is 18.7. The summed E-state index contributed by atoms with van der Waals surface area (Å²) in [5.41, 5.74) is 4.09. The van der Waals surface area contributed by atoms with E-state index in [1.54, 1.807) is 24.6 Å². The Labute approximate surface area is 157 Å². The van der Waals surface area contributed by atoms with Gasteiger partial charge in [-0.25, -0.2) is 4.98 Å². The quantitative estimate of drug-likeness (QED) is 0.663. The largest absolute Gasteiger partial charge is 0.496 e. The number of aromatic nitrogens is 1. The molecule has 0 saturated heterocycles. The monoisotopic (exact) mass is 367 g/mol. The van der Waals surface area contributed by atoms with E-state index in [0.717, 1.165) is 37.9 Å². The van der Waals surface area contributed by atoms with Crippen molar-refractivity contribution < 1.29 is 14.6 Å². The Balaban J connectivity index is 2.07. The van der Waals surface area contributed by atoms with Crippen molar-refractivity contribution in [2.75, 3.05) is 7.11 Å². The highest BCUT2D eigenvalue weighted by Gasteiger charge is 2.21. The van der Waals surface area contributed by atoms with Crippen molar-refractivity contribution in [1.82, 2.24) is 4.98 Å². The third-order valence-electron chi connectivity index (χ3n) is 4.27. The van der Waals surface area contributed by atoms with Crippen molar-refractivity contribution in [3.05, 3.63) is 69.7 Å². The molecule has 1 unspecified atom stereocenters. The Morgan fingerprint density at radius 3 is 2.69 bits per heavy atom. The molecular weight excluding hydrogens is 346 g/mol. The second-order valence-corrected chi connectivity index (χ2v) is 7.56. The summed E-state index contributed by atoms with van der Waals surface area (Å²) in [6.07, 6.45) is 1.81. The van der Waals surface area contributed by atoms with E-state index in [1.807, 2.05) is 50.2 Å². The molecular formula is C21H21NO3S. The smallest absolute Gasteiger partial charge is 0.304 e. The van der Waals surface area contributed by atoms with Crippen LogP contribution in [0, 0.1) is 13.8 Å². The van der Waals surface area contributed by atoms with E-state index in [1.165, 1.54) is 0 Å². The number of methoxy groups -OCH3 is 1. The normalized spacial score (nSPS) is 12.0. The van der Waals surface area contributed by atoms with Crippen LogP contribution in [0.3, 0.4) is 0 Å². The molecule has 1 heterocycles. The first kappa shape index (κ1) is 18.1. The maximum atomic E-state index is 11.4. The standard InChI is InChI=1S/C21H21NO3S/c1-13-7-8-19(25-3)17(9-13)15-5-4-6-16(10-15)18(11-20(23)24)21-22-12-14(2)26-21/h4-10,12,18H,11H2,1-3H3,(H,23,24). The van der Waals surface area contributed by atoms with Crippen LogP contribution in [0.4, 0.5) is 0 Å². The van der Waals surface area contributed by atoms with Crippen molar-refractivity contribution in [1.29, 1.82) is 0 Å². The Bertz CT molecular complexity index is 933. The van der Waals surface area contributed by atoms with Gasteiger partial charge in [-0.15, -0.1) is 11.3 Å². The molecule has 1 aromatic heterocycles. The molecule has 26 heavy (non-hydrogen) atoms. The minimum absolute atomic E-state index is 0.0152. The molecule has 5 heteroatoms. The molecule has 134 valence electrons. The first-order valence-corrected chi connectivity index (χ1v) is 9.18. The van der Waals surface area contributed by atoms with Gasteiger partial charge < -0.3 is 9.84 Å². The number of carboxylic acids is 1. The fraction of sp³-hybridized carbons (Fsp3) is 0.238. The summed E-state index contributed by atoms with van der Waals surface area (Å²) >= 11 is 1.55. The summed E-state index contributed by atoms with van der Waals surface area (Å²) in [7, 11) is 1.66. The zero-order valence-corrected chi connectivity index (χ0v) is 15.8. The summed E-state index contributed by atoms with van der Waals surface area (Å²) in [4.78, 5) is 16.9. The third kappa shape index (κ3) is 3.94. The summed E-state index contributed by atoms with van der Waals surface area (Å²) in [6, 6.07) is 14.0. The number of benzene rings is 2. The maximum Gasteiger partial charge on any atom is 0.304 e. The van der Waals surface area contributed by atoms with Gasteiger partial charge in [0.1, 0.15) is 10.8 Å². The SMILES string of the molecule is COc1ccc(C)cc1-c1cccc(C(CC(=O)O)c2ncc(C)s2)c1. The average molecular weight is 367 g/mol. The molecule has 0 aliphatic heterocycles. The number of rotatable bonds is 6. The number of hydrogen-bond acceptors (Lipinski definition) is 4. The number of thiazole rings is 1. The average Bonchev–Trinajstić information content (AvgIpc) is 3.05. The Morgan fingerprint density at radius 1 is 1.23 bits per heavy atom. The first-order chi connectivity index (χ1) is 12.5. The van der Waals surface area contributed by atoms with Crippen LogP contribution in [-0.4, -0.2) is 23.2 Å². The second-order valence-electron chi connectivity index (χ2n) is 6.29. The van der Waals surface area contributed by atoms with Gasteiger partial charge >= 0.3 is 5.97 Å². The first-order valence-electron chi connectivity index (χ1n) is 8.37. The van der Waals surface area contributed by atoms with Crippen molar-refractivity contribution in [2.45, 2.75) is 26.2 Å². The molecule has 1 N–H and O–H groups in total. The summed E-state index contributed by atoms with van der Waals surface area (Å²) in [5.74, 6) is -0.295. The highest BCUT2D eigenvalue weighted by molar-refractivity contribution is 7.11. The van der Waals surface area contributed by atoms with Gasteiger partial charge in [0, 0.05) is 22.6 Å². The Morgan fingerprint density at radius 2 is 2.04 bits per heavy atom. The number of nitrogens with zero attached hydrogens (tertiary/aromatic N) is 1. The number of ether oxygens (including phenoxy) is 1. The number of hydrogen-bond donors (Lipinski definition) is 1. The molecule has 0 aliphatic rings. The van der Waals surface area contributed by atoms with Gasteiger partial charge in [0.15, 0.2) is 0 Å². The van der Waals surface area contributed by atoms with Gasteiger partial charge in [-0.05, 0) is 37.1 Å². The third-order valence-corrected chi connectivity index (χ3v) is 5.30. The predicted octanol–water partition coefficient (Wildman–Crippen LogP) is 5.04. The minimum atomic E-state index is -0.832. The van der Waals surface area contributed by atoms with E-state index in [0.29, 0.717) is 0 Å². The van der Waals surface area contributed by atoms with Crippen LogP contribution in [0.5, 0.6) is 5.75 Å². The van der Waals surface area contributed by atoms with E-state index in [2.05, 4.69) is 11.1 Å². The Hall–Kier alpha value is -2.66. The van der Waals surface area contributed by atoms with Crippen LogP contribution in [0.1, 0.15) is 33.4 Å². The lowest BCUT2D eigenvalue weighted by atomic mass is 9.92. The van der Waals surface area contributed by atoms with Gasteiger partial charge in [0.25, 0.3) is 0 Å². The minimum Gasteiger partial charge on any atom is -0.496 e. The molecule has 3 aromatic rings. The number of carboxylic acid groups (broad SMARTS) is 1. The molecule has 3 rings (SSSR count). The van der Waals surface area contributed by atoms with Gasteiger partial charge in [0.2, 0.25) is 0 Å². The van der Waals surface area contributed by atoms with Crippen LogP contribution in [0.15, 0.2) is 48.7 Å². The highest BCUT2D eigenvalue weighted by Crippen LogP contribution is 2.36. The lowest BCUT2D eigenvalue weighted by Gasteiger charge is -2.15. The Kier molecular flexibility index (Phi) is 5.38. The van der Waals surface area contributed by atoms with Crippen LogP contribution in [0.2, 0.25) is 0 Å². The lowest BCUT2D eigenvalue weighted by molar-refractivity contribution is -0.137. The van der Waals surface area contributed by atoms with Gasteiger partial charge in [-0.3, -0.25) is 4.79 Å². The van der Waals surface area contributed by atoms with Crippen LogP contribution in [-0.2, 0) is 4.79 Å². The van der Waals surface area contributed by atoms with Crippen molar-refractivity contribution in [3.63, 3.8) is 0 Å². The van der Waals surface area contributed by atoms with Gasteiger partial charge in [-0.2, -0.15) is 0 Å². The van der Waals surface area contributed by atoms with Crippen LogP contribution >= 0.6 is 11.3 Å². The summed E-state index contributed by atoms with van der Waals surface area (Å²) < 4.78 is 5.50. The van der Waals surface area contributed by atoms with E-state index in [9.17, 15) is 9.90 Å². The van der Waals surface area contributed by atoms with Crippen molar-refractivity contribution >= 4 is 17.3 Å². The molecule has 0 aliphatic carbocycles. The van der Waals surface area contributed by atoms with Crippen molar-refractivity contribution in [3.8, 4) is 16.9 Å². The second kappa shape index (κ2) is 7.70. The molecule has 0 amide bonds.